The lowest BCUT2D eigenvalue weighted by Gasteiger charge is -2.24. The second kappa shape index (κ2) is 7.71. The number of hydrogen-bond donors (Lipinski definition) is 1. The molecule has 1 N–H and O–H groups in total. The van der Waals surface area contributed by atoms with E-state index < -0.39 is 10.2 Å². The van der Waals surface area contributed by atoms with E-state index >= 15 is 0 Å². The van der Waals surface area contributed by atoms with Gasteiger partial charge in [-0.2, -0.15) is 27.4 Å². The summed E-state index contributed by atoms with van der Waals surface area (Å²) < 4.78 is 38.8. The Bertz CT molecular complexity index is 673. The van der Waals surface area contributed by atoms with E-state index in [2.05, 4.69) is 28.5 Å². The van der Waals surface area contributed by atoms with E-state index in [0.29, 0.717) is 36.7 Å². The van der Waals surface area contributed by atoms with Gasteiger partial charge in [-0.3, -0.25) is 0 Å². The van der Waals surface area contributed by atoms with Crippen LogP contribution >= 0.6 is 0 Å². The van der Waals surface area contributed by atoms with Crippen molar-refractivity contribution < 1.29 is 17.9 Å². The van der Waals surface area contributed by atoms with Crippen molar-refractivity contribution in [2.24, 2.45) is 11.8 Å². The first-order valence-electron chi connectivity index (χ1n) is 8.09. The third-order valence-corrected chi connectivity index (χ3v) is 5.93. The molecule has 0 aromatic carbocycles. The van der Waals surface area contributed by atoms with Crippen LogP contribution in [0.3, 0.4) is 0 Å². The Kier molecular flexibility index (Phi) is 6.07. The van der Waals surface area contributed by atoms with E-state index in [1.165, 1.54) is 32.6 Å². The van der Waals surface area contributed by atoms with Gasteiger partial charge in [0.15, 0.2) is 0 Å². The number of ether oxygens (including phenoxy) is 2. The molecule has 2 rings (SSSR count). The summed E-state index contributed by atoms with van der Waals surface area (Å²) in [6.45, 7) is 5.29. The molecule has 1 fully saturated rings. The number of hydrogen-bond acceptors (Lipinski definition) is 7. The van der Waals surface area contributed by atoms with Crippen LogP contribution in [0.25, 0.3) is 0 Å². The predicted molar refractivity (Wildman–Crippen MR) is 95.2 cm³/mol. The molecule has 10 heteroatoms. The maximum atomic E-state index is 12.2. The van der Waals surface area contributed by atoms with Crippen molar-refractivity contribution in [3.63, 3.8) is 0 Å². The Balaban J connectivity index is 2.27. The van der Waals surface area contributed by atoms with Crippen LogP contribution in [0.1, 0.15) is 13.8 Å². The number of anilines is 1. The van der Waals surface area contributed by atoms with Crippen molar-refractivity contribution in [2.45, 2.75) is 19.9 Å². The van der Waals surface area contributed by atoms with Gasteiger partial charge in [-0.15, -0.1) is 0 Å². The highest BCUT2D eigenvalue weighted by Crippen LogP contribution is 2.29. The summed E-state index contributed by atoms with van der Waals surface area (Å²) in [7, 11) is 2.56. The molecule has 0 unspecified atom stereocenters. The maximum absolute atomic E-state index is 12.2. The minimum absolute atomic E-state index is 0.135. The average molecular weight is 373 g/mol. The van der Waals surface area contributed by atoms with Gasteiger partial charge < -0.3 is 14.4 Å². The molecule has 0 bridgehead atoms. The molecule has 0 radical (unpaired) electrons. The Morgan fingerprint density at radius 1 is 1.20 bits per heavy atom. The van der Waals surface area contributed by atoms with E-state index in [4.69, 9.17) is 9.47 Å². The van der Waals surface area contributed by atoms with Gasteiger partial charge >= 0.3 is 0 Å². The first-order chi connectivity index (χ1) is 11.7. The Labute approximate surface area is 149 Å². The molecule has 2 atom stereocenters. The van der Waals surface area contributed by atoms with Crippen LogP contribution in [0.5, 0.6) is 11.8 Å². The van der Waals surface area contributed by atoms with Crippen molar-refractivity contribution in [3.8, 4) is 11.8 Å². The number of aromatic nitrogens is 2. The molecule has 1 aliphatic heterocycles. The summed E-state index contributed by atoms with van der Waals surface area (Å²) in [4.78, 5) is 10.7. The second-order valence-corrected chi connectivity index (χ2v) is 8.49. The summed E-state index contributed by atoms with van der Waals surface area (Å²) >= 11 is 0. The van der Waals surface area contributed by atoms with Crippen LogP contribution < -0.4 is 19.1 Å². The lowest BCUT2D eigenvalue weighted by atomic mass is 9.92. The molecule has 25 heavy (non-hydrogen) atoms. The predicted octanol–water partition coefficient (Wildman–Crippen LogP) is 0.351. The molecule has 9 nitrogen and oxygen atoms in total. The SMILES string of the molecule is COc1cc(OC)nc(N2C[C@@H](NS(=O)(=O)N(C)C)[C@H](C(C)C)C2)n1. The Hall–Kier alpha value is -1.65. The van der Waals surface area contributed by atoms with Crippen LogP contribution in [-0.4, -0.2) is 70.1 Å². The largest absolute Gasteiger partial charge is 0.481 e. The molecular weight excluding hydrogens is 346 g/mol. The summed E-state index contributed by atoms with van der Waals surface area (Å²) in [5.74, 6) is 1.71. The molecule has 2 heterocycles. The summed E-state index contributed by atoms with van der Waals surface area (Å²) in [5, 5.41) is 0. The molecule has 142 valence electrons. The van der Waals surface area contributed by atoms with Gasteiger partial charge in [0.1, 0.15) is 0 Å². The zero-order valence-corrected chi connectivity index (χ0v) is 16.4. The third kappa shape index (κ3) is 4.50. The van der Waals surface area contributed by atoms with Crippen LogP contribution in [0, 0.1) is 11.8 Å². The van der Waals surface area contributed by atoms with E-state index in [0.717, 1.165) is 0 Å². The molecule has 1 saturated heterocycles. The topological polar surface area (TPSA) is 96.9 Å². The van der Waals surface area contributed by atoms with Gasteiger partial charge in [0.25, 0.3) is 10.2 Å². The van der Waals surface area contributed by atoms with Crippen LogP contribution in [-0.2, 0) is 10.2 Å². The highest BCUT2D eigenvalue weighted by Gasteiger charge is 2.38. The van der Waals surface area contributed by atoms with Gasteiger partial charge in [0.2, 0.25) is 17.7 Å². The number of nitrogens with zero attached hydrogens (tertiary/aromatic N) is 4. The fourth-order valence-corrected chi connectivity index (χ4v) is 3.67. The van der Waals surface area contributed by atoms with Gasteiger partial charge in [-0.05, 0) is 11.8 Å². The van der Waals surface area contributed by atoms with Gasteiger partial charge in [-0.25, -0.2) is 0 Å². The molecule has 1 aliphatic rings. The first kappa shape index (κ1) is 19.7. The van der Waals surface area contributed by atoms with Crippen LogP contribution in [0.15, 0.2) is 6.07 Å². The smallest absolute Gasteiger partial charge is 0.279 e. The monoisotopic (exact) mass is 373 g/mol. The minimum Gasteiger partial charge on any atom is -0.481 e. The van der Waals surface area contributed by atoms with Crippen molar-refractivity contribution in [2.75, 3.05) is 46.3 Å². The molecule has 1 aromatic heterocycles. The Morgan fingerprint density at radius 2 is 1.76 bits per heavy atom. The van der Waals surface area contributed by atoms with E-state index in [-0.39, 0.29) is 12.0 Å². The lowest BCUT2D eigenvalue weighted by molar-refractivity contribution is 0.358. The van der Waals surface area contributed by atoms with Crippen LogP contribution in [0.2, 0.25) is 0 Å². The van der Waals surface area contributed by atoms with E-state index in [1.54, 1.807) is 6.07 Å². The van der Waals surface area contributed by atoms with Crippen molar-refractivity contribution in [3.05, 3.63) is 6.07 Å². The van der Waals surface area contributed by atoms with Crippen LogP contribution in [0.4, 0.5) is 5.95 Å². The maximum Gasteiger partial charge on any atom is 0.279 e. The fourth-order valence-electron chi connectivity index (χ4n) is 2.83. The van der Waals surface area contributed by atoms with E-state index in [9.17, 15) is 8.42 Å². The summed E-state index contributed by atoms with van der Waals surface area (Å²) in [6.07, 6.45) is 0. The Morgan fingerprint density at radius 3 is 2.20 bits per heavy atom. The molecule has 1 aromatic rings. The van der Waals surface area contributed by atoms with Gasteiger partial charge in [0.05, 0.1) is 20.3 Å². The number of nitrogens with one attached hydrogen (secondary N) is 1. The van der Waals surface area contributed by atoms with E-state index in [1.807, 2.05) is 4.90 Å². The van der Waals surface area contributed by atoms with Crippen molar-refractivity contribution in [1.29, 1.82) is 0 Å². The minimum atomic E-state index is -3.51. The van der Waals surface area contributed by atoms with Gasteiger partial charge in [0, 0.05) is 33.2 Å². The molecule has 0 saturated carbocycles. The second-order valence-electron chi connectivity index (χ2n) is 6.58. The zero-order valence-electron chi connectivity index (χ0n) is 15.6. The zero-order chi connectivity index (χ0) is 18.8. The third-order valence-electron chi connectivity index (χ3n) is 4.37. The fraction of sp³-hybridized carbons (Fsp3) is 0.733. The number of rotatable bonds is 7. The highest BCUT2D eigenvalue weighted by atomic mass is 32.2. The molecule has 0 aliphatic carbocycles. The average Bonchev–Trinajstić information content (AvgIpc) is 2.97. The highest BCUT2D eigenvalue weighted by molar-refractivity contribution is 7.87. The first-order valence-corrected chi connectivity index (χ1v) is 9.53. The van der Waals surface area contributed by atoms with Crippen molar-refractivity contribution in [1.82, 2.24) is 19.0 Å². The van der Waals surface area contributed by atoms with Crippen molar-refractivity contribution >= 4 is 16.2 Å². The van der Waals surface area contributed by atoms with Gasteiger partial charge in [-0.1, -0.05) is 13.8 Å². The lowest BCUT2D eigenvalue weighted by Crippen LogP contribution is -2.46. The number of methoxy groups -OCH3 is 2. The molecular formula is C15H27N5O4S. The summed E-state index contributed by atoms with van der Waals surface area (Å²) in [5.41, 5.74) is 0. The standard InChI is InChI=1S/C15H27N5O4S/c1-10(2)11-8-20(9-12(11)18-25(21,22)19(3)4)15-16-13(23-5)7-14(17-15)24-6/h7,10-12,18H,8-9H2,1-6H3/t11-,12+/m0/s1. The summed E-state index contributed by atoms with van der Waals surface area (Å²) in [6, 6.07) is 1.37. The normalized spacial score (nSPS) is 21.2. The molecule has 0 spiro atoms. The molecule has 0 amide bonds. The quantitative estimate of drug-likeness (QED) is 0.736.